The zero-order valence-electron chi connectivity index (χ0n) is 18.2. The summed E-state index contributed by atoms with van der Waals surface area (Å²) < 4.78 is 45.9. The Labute approximate surface area is 183 Å². The van der Waals surface area contributed by atoms with Gasteiger partial charge < -0.3 is 34.6 Å². The van der Waals surface area contributed by atoms with Gasteiger partial charge in [-0.3, -0.25) is 4.68 Å². The molecule has 0 saturated carbocycles. The number of hydrogen-bond acceptors (Lipinski definition) is 8. The Morgan fingerprint density at radius 3 is 2.28 bits per heavy atom. The van der Waals surface area contributed by atoms with Crippen LogP contribution in [0.5, 0.6) is 11.6 Å². The van der Waals surface area contributed by atoms with Gasteiger partial charge in [0, 0.05) is 23.7 Å². The lowest BCUT2D eigenvalue weighted by molar-refractivity contribution is -0.278. The number of ether oxygens (including phenoxy) is 3. The predicted octanol–water partition coefficient (Wildman–Crippen LogP) is 0.829. The van der Waals surface area contributed by atoms with Gasteiger partial charge in [0.15, 0.2) is 17.4 Å². The minimum atomic E-state index is -1.62. The Morgan fingerprint density at radius 2 is 1.75 bits per heavy atom. The van der Waals surface area contributed by atoms with Crippen LogP contribution >= 0.6 is 0 Å². The lowest BCUT2D eigenvalue weighted by Gasteiger charge is -2.39. The molecule has 2 heterocycles. The molecule has 178 valence electrons. The van der Waals surface area contributed by atoms with Crippen molar-refractivity contribution < 1.29 is 43.4 Å². The molecule has 2 aromatic rings. The van der Waals surface area contributed by atoms with Crippen LogP contribution in [-0.2, 0) is 11.2 Å². The van der Waals surface area contributed by atoms with Gasteiger partial charge in [-0.25, -0.2) is 8.78 Å². The Hall–Kier alpha value is -2.31. The maximum absolute atomic E-state index is 14.2. The molecular formula is C21H28F2N2O7. The van der Waals surface area contributed by atoms with Gasteiger partial charge in [-0.2, -0.15) is 0 Å². The maximum atomic E-state index is 14.2. The summed E-state index contributed by atoms with van der Waals surface area (Å²) in [7, 11) is 1.17. The third kappa shape index (κ3) is 4.57. The van der Waals surface area contributed by atoms with Gasteiger partial charge in [-0.05, 0) is 38.5 Å². The van der Waals surface area contributed by atoms with Crippen LogP contribution in [-0.4, -0.2) is 74.6 Å². The van der Waals surface area contributed by atoms with Crippen molar-refractivity contribution in [3.8, 4) is 11.6 Å². The lowest BCUT2D eigenvalue weighted by Crippen LogP contribution is -2.60. The topological polar surface area (TPSA) is 126 Å². The number of hydrogen-bond donors (Lipinski definition) is 4. The quantitative estimate of drug-likeness (QED) is 0.481. The third-order valence-corrected chi connectivity index (χ3v) is 5.45. The average molecular weight is 458 g/mol. The predicted molar refractivity (Wildman–Crippen MR) is 107 cm³/mol. The monoisotopic (exact) mass is 458 g/mol. The Morgan fingerprint density at radius 1 is 1.12 bits per heavy atom. The highest BCUT2D eigenvalue weighted by Crippen LogP contribution is 2.32. The van der Waals surface area contributed by atoms with Gasteiger partial charge in [0.25, 0.3) is 0 Å². The molecule has 0 spiro atoms. The molecule has 0 bridgehead atoms. The van der Waals surface area contributed by atoms with Crippen molar-refractivity contribution in [1.29, 1.82) is 0 Å². The molecule has 1 saturated heterocycles. The molecule has 1 aromatic carbocycles. The van der Waals surface area contributed by atoms with E-state index in [1.165, 1.54) is 7.11 Å². The van der Waals surface area contributed by atoms with Crippen molar-refractivity contribution in [2.75, 3.05) is 13.7 Å². The van der Waals surface area contributed by atoms with E-state index in [1.807, 2.05) is 13.8 Å². The third-order valence-electron chi connectivity index (χ3n) is 5.45. The molecule has 3 rings (SSSR count). The molecule has 5 atom stereocenters. The first-order valence-electron chi connectivity index (χ1n) is 10.2. The summed E-state index contributed by atoms with van der Waals surface area (Å²) >= 11 is 0. The van der Waals surface area contributed by atoms with Crippen LogP contribution in [0.4, 0.5) is 8.78 Å². The molecule has 1 aromatic heterocycles. The number of benzene rings is 1. The minimum Gasteiger partial charge on any atom is -0.491 e. The molecule has 4 N–H and O–H groups in total. The summed E-state index contributed by atoms with van der Waals surface area (Å²) in [6, 6.07) is 2.21. The minimum absolute atomic E-state index is 0.0252. The number of halogens is 2. The fourth-order valence-electron chi connectivity index (χ4n) is 3.72. The van der Waals surface area contributed by atoms with Crippen molar-refractivity contribution in [3.63, 3.8) is 0 Å². The van der Waals surface area contributed by atoms with Crippen molar-refractivity contribution >= 4 is 0 Å². The number of aliphatic hydroxyl groups is 4. The Balaban J connectivity index is 1.96. The summed E-state index contributed by atoms with van der Waals surface area (Å²) in [4.78, 5) is 0. The second kappa shape index (κ2) is 9.67. The summed E-state index contributed by atoms with van der Waals surface area (Å²) in [6.07, 6.45) is -7.32. The zero-order valence-corrected chi connectivity index (χ0v) is 18.2. The molecule has 9 nitrogen and oxygen atoms in total. The van der Waals surface area contributed by atoms with Gasteiger partial charge in [-0.15, -0.1) is 5.10 Å². The number of methoxy groups -OCH3 is 1. The van der Waals surface area contributed by atoms with Crippen LogP contribution in [0.2, 0.25) is 0 Å². The number of nitrogens with zero attached hydrogens (tertiary/aromatic N) is 2. The smallest absolute Gasteiger partial charge is 0.239 e. The fourth-order valence-corrected chi connectivity index (χ4v) is 3.72. The van der Waals surface area contributed by atoms with E-state index in [9.17, 15) is 29.2 Å². The van der Waals surface area contributed by atoms with Crippen molar-refractivity contribution in [2.45, 2.75) is 63.9 Å². The second-order valence-corrected chi connectivity index (χ2v) is 7.99. The van der Waals surface area contributed by atoms with E-state index in [-0.39, 0.29) is 18.3 Å². The van der Waals surface area contributed by atoms with E-state index >= 15 is 0 Å². The van der Waals surface area contributed by atoms with Crippen LogP contribution in [0.25, 0.3) is 0 Å². The van der Waals surface area contributed by atoms with Crippen LogP contribution in [0.15, 0.2) is 12.1 Å². The van der Waals surface area contributed by atoms with Gasteiger partial charge >= 0.3 is 0 Å². The molecule has 0 aliphatic carbocycles. The van der Waals surface area contributed by atoms with E-state index < -0.39 is 54.7 Å². The molecule has 1 fully saturated rings. The van der Waals surface area contributed by atoms with Crippen LogP contribution < -0.4 is 9.47 Å². The van der Waals surface area contributed by atoms with Crippen LogP contribution in [0, 0.1) is 18.6 Å². The highest BCUT2D eigenvalue weighted by molar-refractivity contribution is 5.39. The summed E-state index contributed by atoms with van der Waals surface area (Å²) in [5.74, 6) is -2.17. The maximum Gasteiger partial charge on any atom is 0.239 e. The van der Waals surface area contributed by atoms with E-state index in [4.69, 9.17) is 14.2 Å². The molecule has 1 aliphatic heterocycles. The van der Waals surface area contributed by atoms with Crippen LogP contribution in [0.1, 0.15) is 36.7 Å². The summed E-state index contributed by atoms with van der Waals surface area (Å²) in [5, 5.41) is 44.0. The van der Waals surface area contributed by atoms with Gasteiger partial charge in [0.05, 0.1) is 13.7 Å². The molecule has 11 heteroatoms. The average Bonchev–Trinajstić information content (AvgIpc) is 3.04. The first kappa shape index (κ1) is 24.3. The highest BCUT2D eigenvalue weighted by Gasteiger charge is 2.45. The number of aromatic nitrogens is 2. The highest BCUT2D eigenvalue weighted by atomic mass is 19.1. The normalized spacial score (nSPS) is 25.9. The molecule has 1 aliphatic rings. The van der Waals surface area contributed by atoms with E-state index in [0.29, 0.717) is 16.8 Å². The standard InChI is InChI=1S/C21H28F2N2O7/c1-9(2)25-10(3)12(5-11-6-13(22)19(30-4)14(23)7-11)20(24-25)32-21-18(29)17(28)16(27)15(8-26)31-21/h6-7,9,15-18,21,26-29H,5,8H2,1-4H3/t15-,16-,17-,18-,21?/m1/s1. The van der Waals surface area contributed by atoms with E-state index in [1.54, 1.807) is 11.6 Å². The molecular weight excluding hydrogens is 430 g/mol. The molecule has 32 heavy (non-hydrogen) atoms. The van der Waals surface area contributed by atoms with Crippen LogP contribution in [0.3, 0.4) is 0 Å². The summed E-state index contributed by atoms with van der Waals surface area (Å²) in [5.41, 5.74) is 1.45. The Bertz CT molecular complexity index is 927. The lowest BCUT2D eigenvalue weighted by atomic mass is 9.99. The number of rotatable bonds is 7. The second-order valence-electron chi connectivity index (χ2n) is 7.99. The number of aliphatic hydroxyl groups excluding tert-OH is 4. The SMILES string of the molecule is COc1c(F)cc(Cc2c(OC3O[C@H](CO)[C@@H](O)[C@@H](O)[C@H]3O)nn(C(C)C)c2C)cc1F. The van der Waals surface area contributed by atoms with Gasteiger partial charge in [-0.1, -0.05) is 0 Å². The van der Waals surface area contributed by atoms with Crippen molar-refractivity contribution in [1.82, 2.24) is 9.78 Å². The largest absolute Gasteiger partial charge is 0.491 e. The van der Waals surface area contributed by atoms with Crippen molar-refractivity contribution in [3.05, 3.63) is 40.6 Å². The van der Waals surface area contributed by atoms with E-state index in [0.717, 1.165) is 12.1 Å². The molecule has 0 radical (unpaired) electrons. The van der Waals surface area contributed by atoms with Gasteiger partial charge in [0.2, 0.25) is 12.2 Å². The van der Waals surface area contributed by atoms with Crippen molar-refractivity contribution in [2.24, 2.45) is 0 Å². The first-order chi connectivity index (χ1) is 15.1. The molecule has 0 amide bonds. The molecule has 1 unspecified atom stereocenters. The fraction of sp³-hybridized carbons (Fsp3) is 0.571. The summed E-state index contributed by atoms with van der Waals surface area (Å²) in [6.45, 7) is 4.92. The first-order valence-corrected chi connectivity index (χ1v) is 10.2. The van der Waals surface area contributed by atoms with E-state index in [2.05, 4.69) is 5.10 Å². The Kier molecular flexibility index (Phi) is 7.36. The zero-order chi connectivity index (χ0) is 23.7. The van der Waals surface area contributed by atoms with Gasteiger partial charge in [0.1, 0.15) is 24.4 Å².